The topological polar surface area (TPSA) is 81.4 Å². The van der Waals surface area contributed by atoms with Crippen molar-refractivity contribution in [1.29, 1.82) is 0 Å². The van der Waals surface area contributed by atoms with Crippen molar-refractivity contribution in [2.24, 2.45) is 0 Å². The number of carbonyl (C=O) groups is 1. The van der Waals surface area contributed by atoms with Gasteiger partial charge in [0.1, 0.15) is 28.7 Å². The lowest BCUT2D eigenvalue weighted by Crippen LogP contribution is -2.21. The molecule has 0 saturated heterocycles. The number of aromatic nitrogens is 1. The van der Waals surface area contributed by atoms with Crippen LogP contribution in [0.15, 0.2) is 57.9 Å². The van der Waals surface area contributed by atoms with E-state index < -0.39 is 5.91 Å². The molecule has 0 fully saturated rings. The van der Waals surface area contributed by atoms with Gasteiger partial charge in [0.15, 0.2) is 5.13 Å². The molecule has 0 unspecified atom stereocenters. The van der Waals surface area contributed by atoms with E-state index in [1.54, 1.807) is 24.3 Å². The summed E-state index contributed by atoms with van der Waals surface area (Å²) in [6.07, 6.45) is 1.18. The van der Waals surface area contributed by atoms with Gasteiger partial charge in [-0.25, -0.2) is 4.98 Å². The van der Waals surface area contributed by atoms with Crippen LogP contribution in [-0.4, -0.2) is 17.5 Å². The molecule has 2 aromatic carbocycles. The summed E-state index contributed by atoms with van der Waals surface area (Å²) in [4.78, 5) is 29.5. The number of fused-ring (bicyclic) bond motifs is 2. The van der Waals surface area contributed by atoms with Crippen molar-refractivity contribution in [2.75, 3.05) is 11.9 Å². The van der Waals surface area contributed by atoms with E-state index in [1.165, 1.54) is 17.6 Å². The van der Waals surface area contributed by atoms with Crippen molar-refractivity contribution in [2.45, 2.75) is 6.92 Å². The van der Waals surface area contributed by atoms with Gasteiger partial charge < -0.3 is 9.15 Å². The van der Waals surface area contributed by atoms with Gasteiger partial charge in [-0.3, -0.25) is 14.9 Å². The molecule has 6 nitrogen and oxygen atoms in total. The first kappa shape index (κ1) is 16.3. The van der Waals surface area contributed by atoms with Crippen molar-refractivity contribution in [3.8, 4) is 5.75 Å². The zero-order valence-electron chi connectivity index (χ0n) is 13.8. The van der Waals surface area contributed by atoms with E-state index in [1.807, 2.05) is 25.1 Å². The quantitative estimate of drug-likeness (QED) is 0.589. The summed E-state index contributed by atoms with van der Waals surface area (Å²) in [5.41, 5.74) is 0.684. The largest absolute Gasteiger partial charge is 0.492 e. The summed E-state index contributed by atoms with van der Waals surface area (Å²) in [7, 11) is 0. The van der Waals surface area contributed by atoms with Crippen LogP contribution in [0.2, 0.25) is 0 Å². The minimum absolute atomic E-state index is 0.0620. The maximum Gasteiger partial charge on any atom is 0.264 e. The number of carbonyl (C=O) groups excluding carboxylic acids is 1. The minimum Gasteiger partial charge on any atom is -0.492 e. The average Bonchev–Trinajstić information content (AvgIpc) is 3.06. The second-order valence-electron chi connectivity index (χ2n) is 5.48. The first-order chi connectivity index (χ1) is 12.7. The Hall–Kier alpha value is -3.19. The Morgan fingerprint density at radius 2 is 2.08 bits per heavy atom. The van der Waals surface area contributed by atoms with Crippen LogP contribution < -0.4 is 15.5 Å². The van der Waals surface area contributed by atoms with Crippen LogP contribution in [0.4, 0.5) is 5.13 Å². The average molecular weight is 366 g/mol. The summed E-state index contributed by atoms with van der Waals surface area (Å²) < 4.78 is 11.8. The number of nitrogens with zero attached hydrogens (tertiary/aromatic N) is 1. The molecular formula is C19H14N2O4S. The molecule has 0 atom stereocenters. The highest BCUT2D eigenvalue weighted by Gasteiger charge is 2.17. The lowest BCUT2D eigenvalue weighted by Gasteiger charge is -2.03. The Balaban J connectivity index is 1.68. The van der Waals surface area contributed by atoms with Gasteiger partial charge in [0.25, 0.3) is 5.91 Å². The van der Waals surface area contributed by atoms with Gasteiger partial charge in [0.05, 0.1) is 16.7 Å². The van der Waals surface area contributed by atoms with Gasteiger partial charge in [0.2, 0.25) is 5.43 Å². The molecule has 1 N–H and O–H groups in total. The Bertz CT molecular complexity index is 1180. The molecule has 0 aliphatic heterocycles. The highest BCUT2D eigenvalue weighted by atomic mass is 32.1. The van der Waals surface area contributed by atoms with E-state index in [2.05, 4.69) is 10.3 Å². The number of anilines is 1. The van der Waals surface area contributed by atoms with Gasteiger partial charge in [-0.2, -0.15) is 0 Å². The second kappa shape index (κ2) is 6.61. The summed E-state index contributed by atoms with van der Waals surface area (Å²) in [6.45, 7) is 2.42. The summed E-state index contributed by atoms with van der Waals surface area (Å²) in [5.74, 6) is 0.105. The number of ether oxygens (including phenoxy) is 1. The van der Waals surface area contributed by atoms with Crippen molar-refractivity contribution in [3.05, 3.63) is 64.5 Å². The monoisotopic (exact) mass is 366 g/mol. The SMILES string of the molecule is CCOc1cccc2sc(NC(=O)c3coc4ccccc4c3=O)nc12. The lowest BCUT2D eigenvalue weighted by molar-refractivity contribution is 0.102. The first-order valence-corrected chi connectivity index (χ1v) is 8.83. The molecule has 0 saturated carbocycles. The fraction of sp³-hybridized carbons (Fsp3) is 0.105. The van der Waals surface area contributed by atoms with Gasteiger partial charge in [-0.15, -0.1) is 0 Å². The summed E-state index contributed by atoms with van der Waals surface area (Å²) in [5, 5.41) is 3.43. The molecular weight excluding hydrogens is 352 g/mol. The highest BCUT2D eigenvalue weighted by Crippen LogP contribution is 2.32. The molecule has 4 rings (SSSR count). The maximum atomic E-state index is 12.5. The molecule has 0 aliphatic rings. The smallest absolute Gasteiger partial charge is 0.264 e. The van der Waals surface area contributed by atoms with E-state index >= 15 is 0 Å². The van der Waals surface area contributed by atoms with Crippen LogP contribution in [-0.2, 0) is 0 Å². The van der Waals surface area contributed by atoms with E-state index in [0.29, 0.717) is 34.0 Å². The van der Waals surface area contributed by atoms with Crippen LogP contribution in [0.1, 0.15) is 17.3 Å². The maximum absolute atomic E-state index is 12.5. The molecule has 130 valence electrons. The molecule has 0 spiro atoms. The fourth-order valence-corrected chi connectivity index (χ4v) is 3.53. The Labute approximate surface area is 152 Å². The van der Waals surface area contributed by atoms with Gasteiger partial charge in [-0.1, -0.05) is 29.5 Å². The van der Waals surface area contributed by atoms with Crippen LogP contribution in [0.5, 0.6) is 5.75 Å². The van der Waals surface area contributed by atoms with Gasteiger partial charge >= 0.3 is 0 Å². The number of nitrogens with one attached hydrogen (secondary N) is 1. The zero-order chi connectivity index (χ0) is 18.1. The lowest BCUT2D eigenvalue weighted by atomic mass is 10.1. The van der Waals surface area contributed by atoms with Crippen molar-refractivity contribution < 1.29 is 13.9 Å². The van der Waals surface area contributed by atoms with Crippen molar-refractivity contribution in [1.82, 2.24) is 4.98 Å². The Kier molecular flexibility index (Phi) is 4.14. The number of para-hydroxylation sites is 2. The molecule has 2 aromatic heterocycles. The molecule has 0 aliphatic carbocycles. The van der Waals surface area contributed by atoms with E-state index in [-0.39, 0.29) is 11.0 Å². The highest BCUT2D eigenvalue weighted by molar-refractivity contribution is 7.22. The van der Waals surface area contributed by atoms with E-state index in [0.717, 1.165) is 4.70 Å². The third-order valence-corrected chi connectivity index (χ3v) is 4.76. The molecule has 0 radical (unpaired) electrons. The van der Waals surface area contributed by atoms with E-state index in [9.17, 15) is 9.59 Å². The van der Waals surface area contributed by atoms with Crippen molar-refractivity contribution in [3.63, 3.8) is 0 Å². The minimum atomic E-state index is -0.554. The first-order valence-electron chi connectivity index (χ1n) is 8.01. The van der Waals surface area contributed by atoms with Crippen LogP contribution in [0, 0.1) is 0 Å². The van der Waals surface area contributed by atoms with Crippen LogP contribution >= 0.6 is 11.3 Å². The third kappa shape index (κ3) is 2.82. The molecule has 7 heteroatoms. The molecule has 26 heavy (non-hydrogen) atoms. The molecule has 2 heterocycles. The normalized spacial score (nSPS) is 11.0. The fourth-order valence-electron chi connectivity index (χ4n) is 2.65. The van der Waals surface area contributed by atoms with Gasteiger partial charge in [-0.05, 0) is 31.2 Å². The number of hydrogen-bond donors (Lipinski definition) is 1. The number of amides is 1. The summed E-state index contributed by atoms with van der Waals surface area (Å²) in [6, 6.07) is 12.4. The second-order valence-corrected chi connectivity index (χ2v) is 6.51. The Morgan fingerprint density at radius 1 is 1.23 bits per heavy atom. The standard InChI is InChI=1S/C19H14N2O4S/c1-2-24-14-8-5-9-15-16(14)20-19(26-15)21-18(23)12-10-25-13-7-4-3-6-11(13)17(12)22/h3-10H,2H2,1H3,(H,20,21,23). The molecule has 1 amide bonds. The molecule has 4 aromatic rings. The Morgan fingerprint density at radius 3 is 2.92 bits per heavy atom. The van der Waals surface area contributed by atoms with Crippen LogP contribution in [0.25, 0.3) is 21.2 Å². The van der Waals surface area contributed by atoms with E-state index in [4.69, 9.17) is 9.15 Å². The van der Waals surface area contributed by atoms with Crippen molar-refractivity contribution >= 4 is 43.6 Å². The predicted octanol–water partition coefficient (Wildman–Crippen LogP) is 4.05. The number of rotatable bonds is 4. The number of hydrogen-bond acceptors (Lipinski definition) is 6. The predicted molar refractivity (Wildman–Crippen MR) is 101 cm³/mol. The van der Waals surface area contributed by atoms with Crippen LogP contribution in [0.3, 0.4) is 0 Å². The third-order valence-electron chi connectivity index (χ3n) is 3.83. The zero-order valence-corrected chi connectivity index (χ0v) is 14.6. The van der Waals surface area contributed by atoms with Gasteiger partial charge in [0, 0.05) is 0 Å². The molecule has 0 bridgehead atoms. The summed E-state index contributed by atoms with van der Waals surface area (Å²) >= 11 is 1.31. The number of thiazole rings is 1. The number of benzene rings is 2.